The molecule has 25 heavy (non-hydrogen) atoms. The Morgan fingerprint density at radius 1 is 1.24 bits per heavy atom. The van der Waals surface area contributed by atoms with Crippen molar-refractivity contribution in [1.29, 1.82) is 0 Å². The Morgan fingerprint density at radius 2 is 2.00 bits per heavy atom. The zero-order valence-corrected chi connectivity index (χ0v) is 14.1. The summed E-state index contributed by atoms with van der Waals surface area (Å²) in [6, 6.07) is 8.68. The van der Waals surface area contributed by atoms with Crippen molar-refractivity contribution in [1.82, 2.24) is 4.90 Å². The van der Waals surface area contributed by atoms with Crippen molar-refractivity contribution in [2.24, 2.45) is 0 Å². The fourth-order valence-corrected chi connectivity index (χ4v) is 2.41. The molecule has 2 aromatic rings. The number of nitrogens with zero attached hydrogens (tertiary/aromatic N) is 1. The summed E-state index contributed by atoms with van der Waals surface area (Å²) in [6.45, 7) is 2.28. The Labute approximate surface area is 144 Å². The minimum atomic E-state index is -4.48. The maximum atomic E-state index is 12.7. The molecule has 0 saturated heterocycles. The van der Waals surface area contributed by atoms with Crippen molar-refractivity contribution >= 4 is 5.91 Å². The Kier molecular flexibility index (Phi) is 6.12. The average Bonchev–Trinajstić information content (AvgIpc) is 3.00. The van der Waals surface area contributed by atoms with Gasteiger partial charge in [0.1, 0.15) is 18.1 Å². The van der Waals surface area contributed by atoms with Crippen LogP contribution in [0.1, 0.15) is 23.3 Å². The number of alkyl halides is 3. The van der Waals surface area contributed by atoms with Crippen molar-refractivity contribution in [3.05, 3.63) is 53.5 Å². The molecule has 0 saturated carbocycles. The fourth-order valence-electron chi connectivity index (χ4n) is 2.41. The summed E-state index contributed by atoms with van der Waals surface area (Å²) < 4.78 is 48.7. The van der Waals surface area contributed by atoms with Crippen LogP contribution in [0.25, 0.3) is 0 Å². The second-order valence-electron chi connectivity index (χ2n) is 5.81. The number of rotatable bonds is 7. The van der Waals surface area contributed by atoms with Crippen molar-refractivity contribution in [2.75, 3.05) is 13.2 Å². The van der Waals surface area contributed by atoms with Crippen molar-refractivity contribution in [3.8, 4) is 5.75 Å². The fraction of sp³-hybridized carbons (Fsp3) is 0.389. The molecule has 1 aromatic heterocycles. The largest absolute Gasteiger partial charge is 0.493 e. The molecule has 0 aliphatic carbocycles. The van der Waals surface area contributed by atoms with E-state index in [0.29, 0.717) is 11.5 Å². The molecule has 1 aromatic carbocycles. The molecule has 7 heteroatoms. The highest BCUT2D eigenvalue weighted by Crippen LogP contribution is 2.21. The summed E-state index contributed by atoms with van der Waals surface area (Å²) in [4.78, 5) is 12.9. The Bertz CT molecular complexity index is 696. The van der Waals surface area contributed by atoms with E-state index in [9.17, 15) is 18.0 Å². The van der Waals surface area contributed by atoms with Gasteiger partial charge in [-0.3, -0.25) is 4.79 Å². The first-order valence-electron chi connectivity index (χ1n) is 7.81. The number of furan rings is 1. The Morgan fingerprint density at radius 3 is 2.60 bits per heavy atom. The van der Waals surface area contributed by atoms with E-state index in [4.69, 9.17) is 9.15 Å². The van der Waals surface area contributed by atoms with E-state index in [1.54, 1.807) is 12.1 Å². The van der Waals surface area contributed by atoms with Crippen LogP contribution in [-0.2, 0) is 11.3 Å². The minimum absolute atomic E-state index is 0.00917. The molecule has 0 atom stereocenters. The van der Waals surface area contributed by atoms with Gasteiger partial charge >= 0.3 is 6.18 Å². The van der Waals surface area contributed by atoms with E-state index in [0.717, 1.165) is 16.0 Å². The maximum absolute atomic E-state index is 12.7. The summed E-state index contributed by atoms with van der Waals surface area (Å²) in [5.41, 5.74) is 1.99. The van der Waals surface area contributed by atoms with E-state index < -0.39 is 18.6 Å². The molecule has 0 radical (unpaired) electrons. The normalized spacial score (nSPS) is 11.4. The quantitative estimate of drug-likeness (QED) is 0.745. The number of amides is 1. The van der Waals surface area contributed by atoms with Gasteiger partial charge in [-0.05, 0) is 37.6 Å². The van der Waals surface area contributed by atoms with E-state index in [-0.39, 0.29) is 19.6 Å². The van der Waals surface area contributed by atoms with Gasteiger partial charge < -0.3 is 14.1 Å². The number of benzene rings is 1. The number of carbonyl (C=O) groups excluding carboxylic acids is 1. The third kappa shape index (κ3) is 6.17. The Balaban J connectivity index is 1.94. The first-order valence-corrected chi connectivity index (χ1v) is 7.81. The summed E-state index contributed by atoms with van der Waals surface area (Å²) >= 11 is 0. The molecule has 1 amide bonds. The number of hydrogen-bond donors (Lipinski definition) is 0. The van der Waals surface area contributed by atoms with E-state index in [1.807, 2.05) is 26.0 Å². The van der Waals surface area contributed by atoms with Crippen LogP contribution >= 0.6 is 0 Å². The molecule has 4 nitrogen and oxygen atoms in total. The molecule has 136 valence electrons. The van der Waals surface area contributed by atoms with Gasteiger partial charge in [0.15, 0.2) is 0 Å². The lowest BCUT2D eigenvalue weighted by Gasteiger charge is -2.23. The van der Waals surface area contributed by atoms with Gasteiger partial charge in [0.2, 0.25) is 5.91 Å². The van der Waals surface area contributed by atoms with Gasteiger partial charge in [-0.25, -0.2) is 0 Å². The predicted molar refractivity (Wildman–Crippen MR) is 86.2 cm³/mol. The lowest BCUT2D eigenvalue weighted by atomic mass is 10.1. The first kappa shape index (κ1) is 18.9. The molecule has 0 fully saturated rings. The van der Waals surface area contributed by atoms with Crippen LogP contribution < -0.4 is 4.74 Å². The van der Waals surface area contributed by atoms with Gasteiger partial charge in [-0.2, -0.15) is 13.2 Å². The zero-order valence-electron chi connectivity index (χ0n) is 14.1. The van der Waals surface area contributed by atoms with Crippen LogP contribution in [0, 0.1) is 13.8 Å². The predicted octanol–water partition coefficient (Wildman–Crippen LogP) is 4.26. The van der Waals surface area contributed by atoms with Crippen LogP contribution in [-0.4, -0.2) is 30.1 Å². The number of aryl methyl sites for hydroxylation is 2. The minimum Gasteiger partial charge on any atom is -0.493 e. The Hall–Kier alpha value is -2.44. The van der Waals surface area contributed by atoms with Gasteiger partial charge in [0.05, 0.1) is 25.8 Å². The monoisotopic (exact) mass is 355 g/mol. The van der Waals surface area contributed by atoms with Crippen molar-refractivity contribution in [3.63, 3.8) is 0 Å². The first-order chi connectivity index (χ1) is 11.7. The van der Waals surface area contributed by atoms with Crippen LogP contribution in [0.3, 0.4) is 0 Å². The van der Waals surface area contributed by atoms with Gasteiger partial charge in [0.25, 0.3) is 0 Å². The second kappa shape index (κ2) is 8.09. The van der Waals surface area contributed by atoms with Gasteiger partial charge in [-0.1, -0.05) is 17.7 Å². The van der Waals surface area contributed by atoms with Crippen molar-refractivity contribution in [2.45, 2.75) is 33.0 Å². The molecule has 0 spiro atoms. The van der Waals surface area contributed by atoms with Crippen LogP contribution in [0.5, 0.6) is 5.75 Å². The number of ether oxygens (including phenoxy) is 1. The highest BCUT2D eigenvalue weighted by atomic mass is 19.4. The SMILES string of the molecule is Cc1ccc(OCCC(=O)N(Cc2ccco2)CC(F)(F)F)c(C)c1. The third-order valence-electron chi connectivity index (χ3n) is 3.55. The van der Waals surface area contributed by atoms with E-state index in [1.165, 1.54) is 12.3 Å². The van der Waals surface area contributed by atoms with Gasteiger partial charge in [-0.15, -0.1) is 0 Å². The average molecular weight is 355 g/mol. The van der Waals surface area contributed by atoms with Crippen LogP contribution in [0.4, 0.5) is 13.2 Å². The number of halogens is 3. The molecule has 0 aliphatic heterocycles. The van der Waals surface area contributed by atoms with Crippen LogP contribution in [0.2, 0.25) is 0 Å². The molecule has 0 aliphatic rings. The lowest BCUT2D eigenvalue weighted by Crippen LogP contribution is -2.39. The molecule has 2 rings (SSSR count). The molecular weight excluding hydrogens is 335 g/mol. The standard InChI is InChI=1S/C18H20F3NO3/c1-13-5-6-16(14(2)10-13)25-9-7-17(23)22(12-18(19,20)21)11-15-4-3-8-24-15/h3-6,8,10H,7,9,11-12H2,1-2H3. The van der Waals surface area contributed by atoms with E-state index >= 15 is 0 Å². The second-order valence-corrected chi connectivity index (χ2v) is 5.81. The number of hydrogen-bond acceptors (Lipinski definition) is 3. The lowest BCUT2D eigenvalue weighted by molar-refractivity contribution is -0.163. The number of carbonyl (C=O) groups is 1. The summed E-state index contributed by atoms with van der Waals surface area (Å²) in [6.07, 6.45) is -3.27. The molecule has 0 unspecified atom stereocenters. The smallest absolute Gasteiger partial charge is 0.406 e. The van der Waals surface area contributed by atoms with Crippen molar-refractivity contribution < 1.29 is 27.1 Å². The molecule has 0 N–H and O–H groups in total. The summed E-state index contributed by atoms with van der Waals surface area (Å²) in [7, 11) is 0. The zero-order chi connectivity index (χ0) is 18.4. The summed E-state index contributed by atoms with van der Waals surface area (Å²) in [5.74, 6) is 0.276. The summed E-state index contributed by atoms with van der Waals surface area (Å²) in [5, 5.41) is 0. The maximum Gasteiger partial charge on any atom is 0.406 e. The van der Waals surface area contributed by atoms with Gasteiger partial charge in [0, 0.05) is 0 Å². The molecule has 1 heterocycles. The molecular formula is C18H20F3NO3. The third-order valence-corrected chi connectivity index (χ3v) is 3.55. The van der Waals surface area contributed by atoms with E-state index in [2.05, 4.69) is 0 Å². The molecule has 0 bridgehead atoms. The van der Waals surface area contributed by atoms with Crippen LogP contribution in [0.15, 0.2) is 41.0 Å². The highest BCUT2D eigenvalue weighted by molar-refractivity contribution is 5.76. The topological polar surface area (TPSA) is 42.7 Å². The highest BCUT2D eigenvalue weighted by Gasteiger charge is 2.33.